The van der Waals surface area contributed by atoms with Crippen LogP contribution in [0.5, 0.6) is 5.75 Å². The molecule has 2 amide bonds. The number of hydrogen-bond acceptors (Lipinski definition) is 6. The fourth-order valence-corrected chi connectivity index (χ4v) is 3.35. The molecule has 0 unspecified atom stereocenters. The molecule has 0 aliphatic heterocycles. The van der Waals surface area contributed by atoms with Gasteiger partial charge in [0.15, 0.2) is 6.61 Å². The molecule has 0 atom stereocenters. The van der Waals surface area contributed by atoms with Gasteiger partial charge in [-0.1, -0.05) is 0 Å². The van der Waals surface area contributed by atoms with Gasteiger partial charge in [-0.3, -0.25) is 19.7 Å². The first-order chi connectivity index (χ1) is 12.8. The van der Waals surface area contributed by atoms with Crippen LogP contribution in [0, 0.1) is 10.1 Å². The Balaban J connectivity index is 2.04. The number of nitrogens with zero attached hydrogens (tertiary/aromatic N) is 2. The second-order valence-electron chi connectivity index (χ2n) is 5.07. The summed E-state index contributed by atoms with van der Waals surface area (Å²) in [6, 6.07) is 8.47. The molecule has 0 bridgehead atoms. The molecular formula is C16H12Br2N4O5. The first-order valence-corrected chi connectivity index (χ1v) is 8.84. The summed E-state index contributed by atoms with van der Waals surface area (Å²) in [5.41, 5.74) is 8.13. The number of rotatable bonds is 7. The van der Waals surface area contributed by atoms with Gasteiger partial charge in [-0.2, -0.15) is 5.10 Å². The van der Waals surface area contributed by atoms with Gasteiger partial charge in [-0.05, 0) is 61.7 Å². The lowest BCUT2D eigenvalue weighted by Gasteiger charge is -2.09. The Kier molecular flexibility index (Phi) is 7.02. The van der Waals surface area contributed by atoms with Gasteiger partial charge in [0, 0.05) is 17.7 Å². The molecule has 0 saturated heterocycles. The second-order valence-corrected chi connectivity index (χ2v) is 6.78. The average molecular weight is 500 g/mol. The molecule has 0 saturated carbocycles. The summed E-state index contributed by atoms with van der Waals surface area (Å²) in [5, 5.41) is 14.5. The molecule has 0 aromatic heterocycles. The Labute approximate surface area is 170 Å². The van der Waals surface area contributed by atoms with Crippen LogP contribution in [0.2, 0.25) is 0 Å². The van der Waals surface area contributed by atoms with E-state index in [1.54, 1.807) is 12.1 Å². The van der Waals surface area contributed by atoms with E-state index in [9.17, 15) is 19.7 Å². The van der Waals surface area contributed by atoms with Gasteiger partial charge < -0.3 is 10.5 Å². The van der Waals surface area contributed by atoms with Crippen LogP contribution in [0.4, 0.5) is 5.69 Å². The molecule has 140 valence electrons. The van der Waals surface area contributed by atoms with Crippen LogP contribution < -0.4 is 15.9 Å². The zero-order valence-electron chi connectivity index (χ0n) is 13.5. The molecular weight excluding hydrogens is 488 g/mol. The summed E-state index contributed by atoms with van der Waals surface area (Å²) in [6.07, 6.45) is 1.40. The predicted molar refractivity (Wildman–Crippen MR) is 105 cm³/mol. The lowest BCUT2D eigenvalue weighted by Crippen LogP contribution is -2.20. The first-order valence-electron chi connectivity index (χ1n) is 7.26. The number of nitrogens with two attached hydrogens (primary N) is 1. The number of benzene rings is 2. The molecule has 0 heterocycles. The quantitative estimate of drug-likeness (QED) is 0.342. The number of nitrogens with one attached hydrogen (secondary N) is 1. The Morgan fingerprint density at radius 3 is 2.33 bits per heavy atom. The minimum absolute atomic E-state index is 0.108. The molecule has 3 N–H and O–H groups in total. The van der Waals surface area contributed by atoms with Crippen molar-refractivity contribution in [2.45, 2.75) is 0 Å². The first kappa shape index (κ1) is 20.5. The largest absolute Gasteiger partial charge is 0.481 e. The minimum Gasteiger partial charge on any atom is -0.481 e. The minimum atomic E-state index is -0.603. The summed E-state index contributed by atoms with van der Waals surface area (Å²) in [6.45, 7) is -0.268. The van der Waals surface area contributed by atoms with Gasteiger partial charge in [0.25, 0.3) is 17.5 Å². The van der Waals surface area contributed by atoms with Gasteiger partial charge in [0.1, 0.15) is 5.75 Å². The number of nitro benzene ring substituents is 1. The van der Waals surface area contributed by atoms with Crippen LogP contribution in [0.3, 0.4) is 0 Å². The normalized spacial score (nSPS) is 10.6. The van der Waals surface area contributed by atoms with Crippen molar-refractivity contribution in [1.29, 1.82) is 0 Å². The van der Waals surface area contributed by atoms with Crippen molar-refractivity contribution in [1.82, 2.24) is 5.43 Å². The number of carbonyl (C=O) groups is 2. The zero-order chi connectivity index (χ0) is 20.0. The van der Waals surface area contributed by atoms with Gasteiger partial charge >= 0.3 is 0 Å². The van der Waals surface area contributed by atoms with E-state index in [-0.39, 0.29) is 17.9 Å². The van der Waals surface area contributed by atoms with E-state index >= 15 is 0 Å². The van der Waals surface area contributed by atoms with Crippen LogP contribution in [-0.2, 0) is 4.79 Å². The third-order valence-corrected chi connectivity index (χ3v) is 4.28. The lowest BCUT2D eigenvalue weighted by molar-refractivity contribution is -0.384. The van der Waals surface area contributed by atoms with Gasteiger partial charge in [-0.15, -0.1) is 0 Å². The topological polar surface area (TPSA) is 137 Å². The molecule has 0 radical (unpaired) electrons. The number of amides is 2. The van der Waals surface area contributed by atoms with E-state index in [2.05, 4.69) is 42.4 Å². The molecule has 0 fully saturated rings. The maximum atomic E-state index is 12.0. The monoisotopic (exact) mass is 498 g/mol. The SMILES string of the molecule is NC(=O)COc1c(Br)cc(/C=N/NC(=O)c2ccc([N+](=O)[O-])cc2)cc1Br. The number of halogens is 2. The summed E-state index contributed by atoms with van der Waals surface area (Å²) >= 11 is 6.63. The van der Waals surface area contributed by atoms with Crippen molar-refractivity contribution in [2.75, 3.05) is 6.61 Å². The van der Waals surface area contributed by atoms with Crippen molar-refractivity contribution in [3.8, 4) is 5.75 Å². The number of ether oxygens (including phenoxy) is 1. The number of hydrogen-bond donors (Lipinski definition) is 2. The highest BCUT2D eigenvalue weighted by Crippen LogP contribution is 2.34. The van der Waals surface area contributed by atoms with Crippen LogP contribution >= 0.6 is 31.9 Å². The Hall–Kier alpha value is -2.79. The van der Waals surface area contributed by atoms with Crippen molar-refractivity contribution in [2.24, 2.45) is 10.8 Å². The van der Waals surface area contributed by atoms with Crippen molar-refractivity contribution >= 4 is 55.6 Å². The smallest absolute Gasteiger partial charge is 0.271 e. The van der Waals surface area contributed by atoms with Gasteiger partial charge in [0.2, 0.25) is 0 Å². The summed E-state index contributed by atoms with van der Waals surface area (Å²) in [4.78, 5) is 32.8. The molecule has 11 heteroatoms. The van der Waals surface area contributed by atoms with Crippen LogP contribution in [-0.4, -0.2) is 29.6 Å². The standard InChI is InChI=1S/C16H12Br2N4O5/c17-12-5-9(6-13(18)15(12)27-8-14(19)23)7-20-21-16(24)10-1-3-11(4-2-10)22(25)26/h1-7H,8H2,(H2,19,23)(H,21,24)/b20-7+. The van der Waals surface area contributed by atoms with E-state index in [0.29, 0.717) is 20.3 Å². The third-order valence-electron chi connectivity index (χ3n) is 3.10. The highest BCUT2D eigenvalue weighted by Gasteiger charge is 2.11. The number of primary amides is 1. The highest BCUT2D eigenvalue weighted by molar-refractivity contribution is 9.11. The van der Waals surface area contributed by atoms with Crippen LogP contribution in [0.1, 0.15) is 15.9 Å². The number of non-ortho nitro benzene ring substituents is 1. The molecule has 2 rings (SSSR count). The number of hydrazone groups is 1. The van der Waals surface area contributed by atoms with E-state index in [0.717, 1.165) is 0 Å². The van der Waals surface area contributed by atoms with Crippen molar-refractivity contribution < 1.29 is 19.2 Å². The van der Waals surface area contributed by atoms with Crippen LogP contribution in [0.15, 0.2) is 50.4 Å². The predicted octanol–water partition coefficient (Wildman–Crippen LogP) is 2.75. The maximum absolute atomic E-state index is 12.0. The molecule has 2 aromatic rings. The lowest BCUT2D eigenvalue weighted by atomic mass is 10.2. The summed E-state index contributed by atoms with van der Waals surface area (Å²) in [5.74, 6) is -0.713. The van der Waals surface area contributed by atoms with Crippen LogP contribution in [0.25, 0.3) is 0 Å². The third kappa shape index (κ3) is 5.86. The summed E-state index contributed by atoms with van der Waals surface area (Å²) < 4.78 is 6.39. The zero-order valence-corrected chi connectivity index (χ0v) is 16.7. The Morgan fingerprint density at radius 2 is 1.81 bits per heavy atom. The molecule has 27 heavy (non-hydrogen) atoms. The van der Waals surface area contributed by atoms with Gasteiger partial charge in [0.05, 0.1) is 20.1 Å². The maximum Gasteiger partial charge on any atom is 0.271 e. The fraction of sp³-hybridized carbons (Fsp3) is 0.0625. The second kappa shape index (κ2) is 9.24. The fourth-order valence-electron chi connectivity index (χ4n) is 1.90. The van der Waals surface area contributed by atoms with Crippen molar-refractivity contribution in [3.63, 3.8) is 0 Å². The Bertz CT molecular complexity index is 893. The number of nitro groups is 1. The molecule has 0 aliphatic carbocycles. The molecule has 0 spiro atoms. The highest BCUT2D eigenvalue weighted by atomic mass is 79.9. The molecule has 9 nitrogen and oxygen atoms in total. The molecule has 0 aliphatic rings. The van der Waals surface area contributed by atoms with E-state index in [1.807, 2.05) is 0 Å². The Morgan fingerprint density at radius 1 is 1.22 bits per heavy atom. The number of carbonyl (C=O) groups excluding carboxylic acids is 2. The van der Waals surface area contributed by atoms with E-state index in [1.165, 1.54) is 30.5 Å². The summed E-state index contributed by atoms with van der Waals surface area (Å²) in [7, 11) is 0. The van der Waals surface area contributed by atoms with Crippen molar-refractivity contribution in [3.05, 3.63) is 66.6 Å². The molecule has 2 aromatic carbocycles. The van der Waals surface area contributed by atoms with Gasteiger partial charge in [-0.25, -0.2) is 5.43 Å². The average Bonchev–Trinajstić information content (AvgIpc) is 2.60. The van der Waals surface area contributed by atoms with E-state index in [4.69, 9.17) is 10.5 Å². The van der Waals surface area contributed by atoms with E-state index < -0.39 is 16.7 Å².